The van der Waals surface area contributed by atoms with Crippen LogP contribution in [0.1, 0.15) is 18.5 Å². The number of rotatable bonds is 6. The van der Waals surface area contributed by atoms with Crippen LogP contribution in [0.4, 0.5) is 0 Å². The molecule has 0 aliphatic rings. The molecule has 0 aliphatic carbocycles. The fourth-order valence-electron chi connectivity index (χ4n) is 1.41. The number of aliphatic hydroxyl groups excluding tert-OH is 1. The third kappa shape index (κ3) is 4.33. The zero-order chi connectivity index (χ0) is 12.9. The first-order chi connectivity index (χ1) is 7.98. The summed E-state index contributed by atoms with van der Waals surface area (Å²) in [7, 11) is -1.85. The van der Waals surface area contributed by atoms with Gasteiger partial charge in [-0.2, -0.15) is 0 Å². The number of aliphatic hydroxyl groups is 1. The average molecular weight is 259 g/mol. The second kappa shape index (κ2) is 6.00. The van der Waals surface area contributed by atoms with Gasteiger partial charge in [-0.15, -0.1) is 0 Å². The van der Waals surface area contributed by atoms with Gasteiger partial charge in [-0.3, -0.25) is 0 Å². The largest absolute Gasteiger partial charge is 0.497 e. The minimum atomic E-state index is -3.43. The van der Waals surface area contributed by atoms with Crippen LogP contribution in [0.25, 0.3) is 0 Å². The Hall–Kier alpha value is -1.11. The van der Waals surface area contributed by atoms with Crippen LogP contribution in [0.15, 0.2) is 24.3 Å². The minimum Gasteiger partial charge on any atom is -0.497 e. The van der Waals surface area contributed by atoms with Crippen molar-refractivity contribution in [1.29, 1.82) is 0 Å². The van der Waals surface area contributed by atoms with Crippen LogP contribution in [0.3, 0.4) is 0 Å². The molecule has 1 aromatic carbocycles. The molecular weight excluding hydrogens is 242 g/mol. The number of nitrogens with one attached hydrogen (secondary N) is 1. The van der Waals surface area contributed by atoms with Crippen LogP contribution in [-0.2, 0) is 10.0 Å². The first-order valence-electron chi connectivity index (χ1n) is 5.23. The number of hydrogen-bond donors (Lipinski definition) is 2. The molecule has 1 atom stereocenters. The fourth-order valence-corrected chi connectivity index (χ4v) is 2.44. The Bertz CT molecular complexity index is 441. The van der Waals surface area contributed by atoms with Gasteiger partial charge in [0, 0.05) is 6.04 Å². The molecule has 0 fully saturated rings. The lowest BCUT2D eigenvalue weighted by molar-refractivity contribution is 0.319. The summed E-state index contributed by atoms with van der Waals surface area (Å²) in [5, 5.41) is 8.62. The van der Waals surface area contributed by atoms with Crippen LogP contribution in [0.5, 0.6) is 5.75 Å². The predicted octanol–water partition coefficient (Wildman–Crippen LogP) is 0.668. The number of methoxy groups -OCH3 is 1. The summed E-state index contributed by atoms with van der Waals surface area (Å²) in [6.45, 7) is 1.36. The van der Waals surface area contributed by atoms with Gasteiger partial charge in [0.1, 0.15) is 5.75 Å². The molecule has 1 aromatic rings. The van der Waals surface area contributed by atoms with Crippen molar-refractivity contribution in [3.05, 3.63) is 29.8 Å². The molecule has 0 saturated carbocycles. The van der Waals surface area contributed by atoms with Crippen LogP contribution in [-0.4, -0.2) is 33.0 Å². The molecule has 0 bridgehead atoms. The third-order valence-electron chi connectivity index (χ3n) is 2.33. The van der Waals surface area contributed by atoms with Crippen molar-refractivity contribution in [1.82, 2.24) is 4.72 Å². The summed E-state index contributed by atoms with van der Waals surface area (Å²) >= 11 is 0. The van der Waals surface area contributed by atoms with Crippen molar-refractivity contribution >= 4 is 10.0 Å². The standard InChI is InChI=1S/C11H17NO4S/c1-9(12-17(14,15)8-7-13)10-3-5-11(16-2)6-4-10/h3-6,9,12-13H,7-8H2,1-2H3. The highest BCUT2D eigenvalue weighted by Gasteiger charge is 2.14. The monoisotopic (exact) mass is 259 g/mol. The predicted molar refractivity (Wildman–Crippen MR) is 65.4 cm³/mol. The van der Waals surface area contributed by atoms with Crippen LogP contribution in [0.2, 0.25) is 0 Å². The average Bonchev–Trinajstić information content (AvgIpc) is 2.28. The zero-order valence-corrected chi connectivity index (χ0v) is 10.7. The van der Waals surface area contributed by atoms with Crippen LogP contribution >= 0.6 is 0 Å². The Morgan fingerprint density at radius 3 is 2.41 bits per heavy atom. The summed E-state index contributed by atoms with van der Waals surface area (Å²) in [6, 6.07) is 6.80. The molecule has 0 saturated heterocycles. The molecule has 1 rings (SSSR count). The molecular formula is C11H17NO4S. The van der Waals surface area contributed by atoms with E-state index in [0.717, 1.165) is 11.3 Å². The highest BCUT2D eigenvalue weighted by Crippen LogP contribution is 2.17. The number of hydrogen-bond acceptors (Lipinski definition) is 4. The molecule has 17 heavy (non-hydrogen) atoms. The van der Waals surface area contributed by atoms with Gasteiger partial charge in [0.2, 0.25) is 10.0 Å². The van der Waals surface area contributed by atoms with E-state index in [1.54, 1.807) is 38.3 Å². The first kappa shape index (κ1) is 14.0. The quantitative estimate of drug-likeness (QED) is 0.787. The molecule has 1 unspecified atom stereocenters. The molecule has 0 radical (unpaired) electrons. The van der Waals surface area contributed by atoms with Gasteiger partial charge in [0.05, 0.1) is 19.5 Å². The molecule has 6 heteroatoms. The van der Waals surface area contributed by atoms with Gasteiger partial charge in [-0.25, -0.2) is 13.1 Å². The van der Waals surface area contributed by atoms with Gasteiger partial charge in [-0.05, 0) is 24.6 Å². The summed E-state index contributed by atoms with van der Waals surface area (Å²) in [5.41, 5.74) is 0.840. The van der Waals surface area contributed by atoms with E-state index in [1.165, 1.54) is 0 Å². The lowest BCUT2D eigenvalue weighted by Crippen LogP contribution is -2.30. The molecule has 5 nitrogen and oxygen atoms in total. The normalized spacial score (nSPS) is 13.4. The van der Waals surface area contributed by atoms with E-state index in [-0.39, 0.29) is 18.4 Å². The molecule has 2 N–H and O–H groups in total. The Balaban J connectivity index is 2.72. The lowest BCUT2D eigenvalue weighted by Gasteiger charge is -2.14. The van der Waals surface area contributed by atoms with Crippen LogP contribution in [0, 0.1) is 0 Å². The van der Waals surface area contributed by atoms with Crippen molar-refractivity contribution in [3.8, 4) is 5.75 Å². The molecule has 0 amide bonds. The van der Waals surface area contributed by atoms with Gasteiger partial charge in [0.15, 0.2) is 0 Å². The Morgan fingerprint density at radius 1 is 1.35 bits per heavy atom. The number of benzene rings is 1. The third-order valence-corrected chi connectivity index (χ3v) is 3.76. The zero-order valence-electron chi connectivity index (χ0n) is 9.88. The smallest absolute Gasteiger partial charge is 0.214 e. The lowest BCUT2D eigenvalue weighted by atomic mass is 10.1. The van der Waals surface area contributed by atoms with E-state index in [9.17, 15) is 8.42 Å². The minimum absolute atomic E-state index is 0.284. The highest BCUT2D eigenvalue weighted by molar-refractivity contribution is 7.89. The number of sulfonamides is 1. The van der Waals surface area contributed by atoms with Gasteiger partial charge >= 0.3 is 0 Å². The highest BCUT2D eigenvalue weighted by atomic mass is 32.2. The van der Waals surface area contributed by atoms with Crippen molar-refractivity contribution in [2.45, 2.75) is 13.0 Å². The van der Waals surface area contributed by atoms with Crippen molar-refractivity contribution in [3.63, 3.8) is 0 Å². The summed E-state index contributed by atoms with van der Waals surface area (Å²) < 4.78 is 30.4. The first-order valence-corrected chi connectivity index (χ1v) is 6.88. The molecule has 96 valence electrons. The Labute approximate surface area is 101 Å². The van der Waals surface area contributed by atoms with Crippen molar-refractivity contribution in [2.24, 2.45) is 0 Å². The van der Waals surface area contributed by atoms with Crippen LogP contribution < -0.4 is 9.46 Å². The second-order valence-corrected chi connectivity index (χ2v) is 5.53. The van der Waals surface area contributed by atoms with Crippen molar-refractivity contribution in [2.75, 3.05) is 19.5 Å². The molecule has 0 aliphatic heterocycles. The summed E-state index contributed by atoms with van der Waals surface area (Å²) in [5.74, 6) is 0.437. The second-order valence-electron chi connectivity index (χ2n) is 3.66. The van der Waals surface area contributed by atoms with E-state index in [4.69, 9.17) is 9.84 Å². The van der Waals surface area contributed by atoms with Crippen molar-refractivity contribution < 1.29 is 18.3 Å². The number of ether oxygens (including phenoxy) is 1. The Morgan fingerprint density at radius 2 is 1.94 bits per heavy atom. The van der Waals surface area contributed by atoms with E-state index in [2.05, 4.69) is 4.72 Å². The fraction of sp³-hybridized carbons (Fsp3) is 0.455. The molecule has 0 spiro atoms. The summed E-state index contributed by atoms with van der Waals surface area (Å²) in [6.07, 6.45) is 0. The van der Waals surface area contributed by atoms with Gasteiger partial charge in [0.25, 0.3) is 0 Å². The Kier molecular flexibility index (Phi) is 4.92. The SMILES string of the molecule is COc1ccc(C(C)NS(=O)(=O)CCO)cc1. The summed E-state index contributed by atoms with van der Waals surface area (Å²) in [4.78, 5) is 0. The van der Waals surface area contributed by atoms with E-state index >= 15 is 0 Å². The van der Waals surface area contributed by atoms with E-state index < -0.39 is 10.0 Å². The van der Waals surface area contributed by atoms with E-state index in [0.29, 0.717) is 0 Å². The maximum Gasteiger partial charge on any atom is 0.214 e. The molecule has 0 aromatic heterocycles. The maximum absolute atomic E-state index is 11.4. The topological polar surface area (TPSA) is 75.6 Å². The molecule has 0 heterocycles. The van der Waals surface area contributed by atoms with Gasteiger partial charge in [-0.1, -0.05) is 12.1 Å². The van der Waals surface area contributed by atoms with E-state index in [1.807, 2.05) is 0 Å². The maximum atomic E-state index is 11.4. The van der Waals surface area contributed by atoms with Gasteiger partial charge < -0.3 is 9.84 Å².